The third-order valence-electron chi connectivity index (χ3n) is 8.45. The highest BCUT2D eigenvalue weighted by atomic mass is 16.2. The minimum Gasteiger partial charge on any atom is -0.381 e. The van der Waals surface area contributed by atoms with Crippen LogP contribution < -0.4 is 11.1 Å². The Morgan fingerprint density at radius 2 is 1.97 bits per heavy atom. The Bertz CT molecular complexity index is 1030. The highest BCUT2D eigenvalue weighted by Crippen LogP contribution is 2.61. The molecule has 4 saturated carbocycles. The Kier molecular flexibility index (Phi) is 3.99. The molecule has 6 aliphatic rings. The van der Waals surface area contributed by atoms with E-state index >= 15 is 0 Å². The van der Waals surface area contributed by atoms with Gasteiger partial charge in [0.2, 0.25) is 5.91 Å². The maximum Gasteiger partial charge on any atom is 0.252 e. The van der Waals surface area contributed by atoms with Crippen molar-refractivity contribution in [1.82, 2.24) is 9.88 Å². The number of primary amides is 1. The Morgan fingerprint density at radius 1 is 1.23 bits per heavy atom. The minimum absolute atomic E-state index is 0.00124. The van der Waals surface area contributed by atoms with Gasteiger partial charge < -0.3 is 16.0 Å². The van der Waals surface area contributed by atoms with Crippen LogP contribution in [0.4, 0.5) is 5.69 Å². The first-order valence-corrected chi connectivity index (χ1v) is 11.4. The number of nitrogens with zero attached hydrogens (tertiary/aromatic N) is 3. The number of anilines is 1. The molecule has 7 heteroatoms. The van der Waals surface area contributed by atoms with Gasteiger partial charge in [-0.1, -0.05) is 12.2 Å². The molecule has 2 unspecified atom stereocenters. The Hall–Kier alpha value is -2.88. The van der Waals surface area contributed by atoms with E-state index in [9.17, 15) is 9.59 Å². The highest BCUT2D eigenvalue weighted by Gasteiger charge is 2.60. The van der Waals surface area contributed by atoms with Crippen molar-refractivity contribution in [2.45, 2.75) is 44.6 Å². The van der Waals surface area contributed by atoms with Crippen molar-refractivity contribution in [3.8, 4) is 6.07 Å². The number of amides is 2. The number of hydrogen-bond donors (Lipinski definition) is 2. The van der Waals surface area contributed by atoms with Gasteiger partial charge in [-0.3, -0.25) is 14.6 Å². The first-order chi connectivity index (χ1) is 15.0. The molecule has 3 N–H and O–H groups in total. The molecule has 7 rings (SSSR count). The van der Waals surface area contributed by atoms with E-state index in [0.717, 1.165) is 55.5 Å². The number of pyridine rings is 1. The van der Waals surface area contributed by atoms with Crippen LogP contribution in [-0.2, 0) is 11.2 Å². The molecular weight excluding hydrogens is 390 g/mol. The number of carbonyl (C=O) groups excluding carboxylic acids is 2. The van der Waals surface area contributed by atoms with Crippen LogP contribution in [0.2, 0.25) is 0 Å². The zero-order valence-electron chi connectivity index (χ0n) is 17.5. The van der Waals surface area contributed by atoms with Crippen molar-refractivity contribution in [3.05, 3.63) is 29.1 Å². The summed E-state index contributed by atoms with van der Waals surface area (Å²) in [7, 11) is 0. The third-order valence-corrected chi connectivity index (χ3v) is 8.45. The second-order valence-electron chi connectivity index (χ2n) is 10.3. The fraction of sp³-hybridized carbons (Fsp3) is 0.583. The van der Waals surface area contributed by atoms with Crippen molar-refractivity contribution in [3.63, 3.8) is 0 Å². The van der Waals surface area contributed by atoms with Crippen LogP contribution in [0.1, 0.15) is 53.7 Å². The largest absolute Gasteiger partial charge is 0.381 e. The van der Waals surface area contributed by atoms with Gasteiger partial charge in [-0.05, 0) is 49.9 Å². The molecule has 1 aromatic rings. The molecule has 1 aromatic heterocycles. The maximum absolute atomic E-state index is 13.4. The summed E-state index contributed by atoms with van der Waals surface area (Å²) in [6.45, 7) is 1.19. The lowest BCUT2D eigenvalue weighted by Crippen LogP contribution is -2.63. The zero-order chi connectivity index (χ0) is 21.3. The Morgan fingerprint density at radius 3 is 2.65 bits per heavy atom. The standard InChI is InChI=1S/C24H27N5O2/c25-9-14-11-29(12-14)23(31)24-6-13-4-15(7-24)20(16(5-13)8-24)28-21-17-2-1-3-19(17)27-10-18(21)22(26)30/h1-2,10,13-16,20H,3-8,11-12H2,(H2,26,30)(H,27,28). The Labute approximate surface area is 181 Å². The molecule has 31 heavy (non-hydrogen) atoms. The van der Waals surface area contributed by atoms with Gasteiger partial charge in [-0.15, -0.1) is 0 Å². The van der Waals surface area contributed by atoms with Crippen LogP contribution in [0.3, 0.4) is 0 Å². The number of allylic oxidation sites excluding steroid dienone is 1. The minimum atomic E-state index is -0.460. The van der Waals surface area contributed by atoms with Crippen molar-refractivity contribution in [2.75, 3.05) is 18.4 Å². The van der Waals surface area contributed by atoms with Crippen molar-refractivity contribution in [2.24, 2.45) is 34.8 Å². The van der Waals surface area contributed by atoms with E-state index in [1.807, 2.05) is 11.0 Å². The van der Waals surface area contributed by atoms with E-state index in [2.05, 4.69) is 22.4 Å². The summed E-state index contributed by atoms with van der Waals surface area (Å²) < 4.78 is 0. The smallest absolute Gasteiger partial charge is 0.252 e. The van der Waals surface area contributed by atoms with E-state index in [4.69, 9.17) is 11.0 Å². The lowest BCUT2D eigenvalue weighted by Gasteiger charge is -2.60. The van der Waals surface area contributed by atoms with Gasteiger partial charge in [0.15, 0.2) is 0 Å². The number of fused-ring (bicyclic) bond motifs is 1. The monoisotopic (exact) mass is 417 g/mol. The molecule has 2 amide bonds. The number of nitrogens with one attached hydrogen (secondary N) is 1. The number of aromatic nitrogens is 1. The van der Waals surface area contributed by atoms with E-state index in [-0.39, 0.29) is 23.3 Å². The summed E-state index contributed by atoms with van der Waals surface area (Å²) in [5.41, 5.74) is 8.67. The number of likely N-dealkylation sites (tertiary alicyclic amines) is 1. The summed E-state index contributed by atoms with van der Waals surface area (Å²) in [6, 6.07) is 2.53. The van der Waals surface area contributed by atoms with Crippen LogP contribution in [-0.4, -0.2) is 40.8 Å². The topological polar surface area (TPSA) is 112 Å². The quantitative estimate of drug-likeness (QED) is 0.781. The molecule has 0 aromatic carbocycles. The van der Waals surface area contributed by atoms with E-state index in [1.165, 1.54) is 0 Å². The highest BCUT2D eigenvalue weighted by molar-refractivity contribution is 6.00. The van der Waals surface area contributed by atoms with Gasteiger partial charge >= 0.3 is 0 Å². The van der Waals surface area contributed by atoms with Gasteiger partial charge in [0.25, 0.3) is 5.91 Å². The molecule has 0 spiro atoms. The van der Waals surface area contributed by atoms with Crippen LogP contribution >= 0.6 is 0 Å². The zero-order valence-corrected chi connectivity index (χ0v) is 17.5. The third kappa shape index (κ3) is 2.73. The molecule has 1 aliphatic heterocycles. The van der Waals surface area contributed by atoms with E-state index < -0.39 is 5.91 Å². The number of rotatable bonds is 4. The van der Waals surface area contributed by atoms with Crippen molar-refractivity contribution < 1.29 is 9.59 Å². The predicted molar refractivity (Wildman–Crippen MR) is 115 cm³/mol. The number of nitriles is 1. The van der Waals surface area contributed by atoms with Gasteiger partial charge in [0, 0.05) is 37.3 Å². The summed E-state index contributed by atoms with van der Waals surface area (Å²) in [4.78, 5) is 31.9. The fourth-order valence-corrected chi connectivity index (χ4v) is 7.29. The second kappa shape index (κ2) is 6.56. The lowest BCUT2D eigenvalue weighted by atomic mass is 9.47. The number of hydrogen-bond acceptors (Lipinski definition) is 5. The van der Waals surface area contributed by atoms with Gasteiger partial charge in [0.05, 0.1) is 34.3 Å². The normalized spacial score (nSPS) is 34.9. The molecular formula is C24H27N5O2. The molecule has 1 saturated heterocycles. The maximum atomic E-state index is 13.4. The van der Waals surface area contributed by atoms with E-state index in [0.29, 0.717) is 36.4 Å². The van der Waals surface area contributed by atoms with Crippen LogP contribution in [0.5, 0.6) is 0 Å². The second-order valence-corrected chi connectivity index (χ2v) is 10.3. The average Bonchev–Trinajstić information content (AvgIpc) is 3.18. The van der Waals surface area contributed by atoms with Gasteiger partial charge in [-0.2, -0.15) is 5.26 Å². The summed E-state index contributed by atoms with van der Waals surface area (Å²) >= 11 is 0. The number of nitrogens with two attached hydrogens (primary N) is 1. The molecule has 7 nitrogen and oxygen atoms in total. The molecule has 4 bridgehead atoms. The molecule has 2 atom stereocenters. The summed E-state index contributed by atoms with van der Waals surface area (Å²) in [5, 5.41) is 12.8. The lowest BCUT2D eigenvalue weighted by molar-refractivity contribution is -0.163. The average molecular weight is 418 g/mol. The molecule has 5 aliphatic carbocycles. The SMILES string of the molecule is N#CC1CN(C(=O)C23CC4CC(C2)C(Nc2c(C(N)=O)cnc5c2C=CC5)C(C4)C3)C1. The Balaban J connectivity index is 1.28. The van der Waals surface area contributed by atoms with Gasteiger partial charge in [-0.25, -0.2) is 0 Å². The predicted octanol–water partition coefficient (Wildman–Crippen LogP) is 2.34. The fourth-order valence-electron chi connectivity index (χ4n) is 7.29. The number of carbonyl (C=O) groups is 2. The molecule has 0 radical (unpaired) electrons. The first kappa shape index (κ1) is 18.9. The van der Waals surface area contributed by atoms with Crippen LogP contribution in [0.25, 0.3) is 6.08 Å². The molecule has 160 valence electrons. The molecule has 2 heterocycles. The summed E-state index contributed by atoms with van der Waals surface area (Å²) in [5.74, 6) is 1.25. The first-order valence-electron chi connectivity index (χ1n) is 11.4. The van der Waals surface area contributed by atoms with Gasteiger partial charge in [0.1, 0.15) is 0 Å². The van der Waals surface area contributed by atoms with Crippen LogP contribution in [0, 0.1) is 40.4 Å². The van der Waals surface area contributed by atoms with E-state index in [1.54, 1.807) is 6.20 Å². The van der Waals surface area contributed by atoms with Crippen molar-refractivity contribution in [1.29, 1.82) is 5.26 Å². The summed E-state index contributed by atoms with van der Waals surface area (Å²) in [6.07, 6.45) is 11.6. The van der Waals surface area contributed by atoms with Crippen molar-refractivity contribution >= 4 is 23.6 Å². The van der Waals surface area contributed by atoms with Crippen LogP contribution in [0.15, 0.2) is 12.3 Å². The molecule has 5 fully saturated rings.